The number of carbonyl (C=O) groups excluding carboxylic acids is 1. The van der Waals surface area contributed by atoms with E-state index in [1.165, 1.54) is 24.1 Å². The lowest BCUT2D eigenvalue weighted by atomic mass is 9.68. The summed E-state index contributed by atoms with van der Waals surface area (Å²) >= 11 is 6.44. The van der Waals surface area contributed by atoms with E-state index in [1.807, 2.05) is 22.9 Å². The number of hydrogen-bond donors (Lipinski definition) is 1. The number of fused-ring (bicyclic) bond motifs is 4. The van der Waals surface area contributed by atoms with Gasteiger partial charge in [-0.05, 0) is 97.7 Å². The zero-order valence-electron chi connectivity index (χ0n) is 30.1. The maximum Gasteiger partial charge on any atom is 0.390 e. The van der Waals surface area contributed by atoms with Gasteiger partial charge in [-0.25, -0.2) is 13.1 Å². The van der Waals surface area contributed by atoms with Gasteiger partial charge in [0.25, 0.3) is 5.91 Å². The minimum absolute atomic E-state index is 0.0348. The van der Waals surface area contributed by atoms with E-state index >= 15 is 0 Å². The molecule has 2 aliphatic carbocycles. The highest BCUT2D eigenvalue weighted by Gasteiger charge is 2.46. The number of ether oxygens (including phenoxy) is 3. The molecule has 0 aromatic heterocycles. The Balaban J connectivity index is 1.25. The third-order valence-corrected chi connectivity index (χ3v) is 14.1. The number of sulfonamides is 1. The normalized spacial score (nSPS) is 31.3. The fraction of sp³-hybridized carbons (Fsp3) is 0.615. The smallest absolute Gasteiger partial charge is 0.390 e. The molecule has 3 aliphatic heterocycles. The van der Waals surface area contributed by atoms with Crippen LogP contribution in [-0.2, 0) is 31.3 Å². The second-order valence-electron chi connectivity index (χ2n) is 15.6. The Morgan fingerprint density at radius 3 is 2.68 bits per heavy atom. The molecule has 2 fully saturated rings. The molecule has 1 spiro atoms. The molecule has 1 saturated carbocycles. The third kappa shape index (κ3) is 8.69. The van der Waals surface area contributed by atoms with Crippen molar-refractivity contribution in [1.29, 1.82) is 0 Å². The van der Waals surface area contributed by atoms with Crippen LogP contribution in [0.15, 0.2) is 48.6 Å². The number of carbonyl (C=O) groups is 1. The molecule has 9 nitrogen and oxygen atoms in total. The van der Waals surface area contributed by atoms with Gasteiger partial charge in [0.1, 0.15) is 5.75 Å². The largest absolute Gasteiger partial charge is 0.490 e. The molecule has 2 aromatic carbocycles. The van der Waals surface area contributed by atoms with E-state index in [-0.39, 0.29) is 35.3 Å². The third-order valence-electron chi connectivity index (χ3n) is 12.0. The van der Waals surface area contributed by atoms with Crippen molar-refractivity contribution in [3.63, 3.8) is 0 Å². The zero-order valence-corrected chi connectivity index (χ0v) is 31.7. The fourth-order valence-corrected chi connectivity index (χ4v) is 10.8. The number of hydrogen-bond acceptors (Lipinski definition) is 8. The summed E-state index contributed by atoms with van der Waals surface area (Å²) in [5.41, 5.74) is 2.72. The number of halogens is 4. The quantitative estimate of drug-likeness (QED) is 0.343. The van der Waals surface area contributed by atoms with Crippen LogP contribution in [0.4, 0.5) is 18.9 Å². The number of morpholine rings is 1. The molecule has 14 heteroatoms. The van der Waals surface area contributed by atoms with Crippen LogP contribution in [-0.4, -0.2) is 95.9 Å². The molecule has 3 heterocycles. The number of benzene rings is 2. The van der Waals surface area contributed by atoms with Gasteiger partial charge < -0.3 is 19.1 Å². The summed E-state index contributed by atoms with van der Waals surface area (Å²) in [7, 11) is -4.74. The zero-order chi connectivity index (χ0) is 37.4. The maximum atomic E-state index is 13.8. The highest BCUT2D eigenvalue weighted by Crippen LogP contribution is 2.47. The van der Waals surface area contributed by atoms with Crippen LogP contribution in [0.2, 0.25) is 5.02 Å². The van der Waals surface area contributed by atoms with Gasteiger partial charge in [0.05, 0.1) is 49.9 Å². The van der Waals surface area contributed by atoms with Crippen molar-refractivity contribution in [2.75, 3.05) is 64.1 Å². The summed E-state index contributed by atoms with van der Waals surface area (Å²) in [6.07, 6.45) is 1.79. The summed E-state index contributed by atoms with van der Waals surface area (Å²) in [5, 5.41) is -1.19. The van der Waals surface area contributed by atoms with Crippen molar-refractivity contribution in [3.8, 4) is 5.75 Å². The van der Waals surface area contributed by atoms with Crippen LogP contribution < -0.4 is 14.4 Å². The van der Waals surface area contributed by atoms with Crippen LogP contribution in [0.3, 0.4) is 0 Å². The number of anilines is 1. The van der Waals surface area contributed by atoms with E-state index in [0.717, 1.165) is 51.7 Å². The molecule has 6 atom stereocenters. The first kappa shape index (κ1) is 38.4. The molecule has 7 rings (SSSR count). The van der Waals surface area contributed by atoms with Crippen molar-refractivity contribution in [2.45, 2.75) is 74.8 Å². The number of rotatable bonds is 5. The number of amides is 1. The highest BCUT2D eigenvalue weighted by molar-refractivity contribution is 7.90. The van der Waals surface area contributed by atoms with E-state index in [1.54, 1.807) is 18.2 Å². The SMILES string of the molecule is C[C@H]1C/C=C\[C@H](OCCN2CCOCC2)C2CCC2CN2C[C@@]3(CCCc4cc(Cl)ccc43)COc3ccc(cc32)C(=O)NS(=O)(=O)C1CC(F)(F)F. The molecule has 1 saturated heterocycles. The minimum atomic E-state index is -4.76. The summed E-state index contributed by atoms with van der Waals surface area (Å²) < 4.78 is 89.4. The molecule has 0 radical (unpaired) electrons. The molecule has 2 aromatic rings. The van der Waals surface area contributed by atoms with Crippen LogP contribution >= 0.6 is 11.6 Å². The van der Waals surface area contributed by atoms with E-state index in [2.05, 4.69) is 15.9 Å². The lowest BCUT2D eigenvalue weighted by Gasteiger charge is -2.46. The Morgan fingerprint density at radius 2 is 1.92 bits per heavy atom. The molecule has 290 valence electrons. The van der Waals surface area contributed by atoms with Crippen molar-refractivity contribution in [2.24, 2.45) is 17.8 Å². The number of nitrogens with zero attached hydrogens (tertiary/aromatic N) is 2. The van der Waals surface area contributed by atoms with Crippen molar-refractivity contribution < 1.29 is 40.6 Å². The first-order valence-electron chi connectivity index (χ1n) is 18.8. The lowest BCUT2D eigenvalue weighted by Crippen LogP contribution is -2.50. The minimum Gasteiger partial charge on any atom is -0.490 e. The Morgan fingerprint density at radius 1 is 1.11 bits per heavy atom. The Hall–Kier alpha value is -2.84. The Kier molecular flexibility index (Phi) is 11.4. The van der Waals surface area contributed by atoms with Crippen molar-refractivity contribution >= 4 is 33.2 Å². The average Bonchev–Trinajstić information content (AvgIpc) is 3.25. The van der Waals surface area contributed by atoms with Gasteiger partial charge in [-0.1, -0.05) is 36.7 Å². The molecule has 3 unspecified atom stereocenters. The van der Waals surface area contributed by atoms with Crippen LogP contribution in [0.5, 0.6) is 5.75 Å². The molecule has 1 amide bonds. The molecule has 1 N–H and O–H groups in total. The second-order valence-corrected chi connectivity index (χ2v) is 17.9. The Labute approximate surface area is 315 Å². The number of alkyl halides is 3. The predicted octanol–water partition coefficient (Wildman–Crippen LogP) is 6.53. The molecular formula is C39H49ClF3N3O6S. The fourth-order valence-electron chi connectivity index (χ4n) is 8.94. The number of aryl methyl sites for hydroxylation is 1. The van der Waals surface area contributed by atoms with E-state index in [9.17, 15) is 26.4 Å². The van der Waals surface area contributed by atoms with E-state index in [4.69, 9.17) is 25.8 Å². The topological polar surface area (TPSA) is 97.4 Å². The summed E-state index contributed by atoms with van der Waals surface area (Å²) in [6, 6.07) is 10.8. The lowest BCUT2D eigenvalue weighted by molar-refractivity contribution is -0.136. The first-order valence-corrected chi connectivity index (χ1v) is 20.7. The van der Waals surface area contributed by atoms with Crippen LogP contribution in [0.1, 0.15) is 66.9 Å². The van der Waals surface area contributed by atoms with Gasteiger partial charge in [0.2, 0.25) is 10.0 Å². The summed E-state index contributed by atoms with van der Waals surface area (Å²) in [6.45, 7) is 7.39. The number of allylic oxidation sites excluding steroid dienone is 1. The van der Waals surface area contributed by atoms with Gasteiger partial charge in [-0.15, -0.1) is 0 Å². The number of nitrogens with one attached hydrogen (secondary N) is 1. The standard InChI is InChI=1S/C39H49ClF3N3O6S/c1-26-4-2-6-34(51-19-16-45-14-17-50-18-15-45)31-10-7-29(31)23-46-24-38(13-3-5-27-20-30(40)9-11-32(27)38)25-52-35-12-8-28(21-33(35)46)37(47)44-53(48,49)36(26)22-39(41,42)43/h2,6,8-9,11-12,20-21,26,29,31,34,36H,3-5,7,10,13-19,22-25H2,1H3,(H,44,47)/b6-2-/t26-,29?,31?,34-,36?,38-/m0/s1. The molecular weight excluding hydrogens is 731 g/mol. The second kappa shape index (κ2) is 15.7. The highest BCUT2D eigenvalue weighted by atomic mass is 35.5. The monoisotopic (exact) mass is 779 g/mol. The van der Waals surface area contributed by atoms with E-state index in [0.29, 0.717) is 56.0 Å². The molecule has 53 heavy (non-hydrogen) atoms. The summed E-state index contributed by atoms with van der Waals surface area (Å²) in [5.74, 6) is -0.966. The van der Waals surface area contributed by atoms with Crippen molar-refractivity contribution in [3.05, 3.63) is 70.3 Å². The van der Waals surface area contributed by atoms with Gasteiger partial charge in [-0.2, -0.15) is 13.2 Å². The van der Waals surface area contributed by atoms with Gasteiger partial charge in [0.15, 0.2) is 0 Å². The van der Waals surface area contributed by atoms with E-state index < -0.39 is 39.7 Å². The van der Waals surface area contributed by atoms with Gasteiger partial charge in [-0.3, -0.25) is 9.69 Å². The predicted molar refractivity (Wildman–Crippen MR) is 197 cm³/mol. The van der Waals surface area contributed by atoms with Crippen LogP contribution in [0.25, 0.3) is 0 Å². The van der Waals surface area contributed by atoms with Gasteiger partial charge in [0, 0.05) is 48.7 Å². The van der Waals surface area contributed by atoms with Crippen LogP contribution in [0, 0.1) is 17.8 Å². The molecule has 2 bridgehead atoms. The van der Waals surface area contributed by atoms with Crippen molar-refractivity contribution in [1.82, 2.24) is 9.62 Å². The maximum absolute atomic E-state index is 13.8. The summed E-state index contributed by atoms with van der Waals surface area (Å²) in [4.78, 5) is 18.2. The molecule has 5 aliphatic rings. The average molecular weight is 780 g/mol. The Bertz CT molecular complexity index is 1790. The first-order chi connectivity index (χ1) is 25.3. The van der Waals surface area contributed by atoms with Gasteiger partial charge >= 0.3 is 6.18 Å².